The quantitative estimate of drug-likeness (QED) is 0.123. The van der Waals surface area contributed by atoms with E-state index in [4.69, 9.17) is 18.6 Å². The van der Waals surface area contributed by atoms with Crippen LogP contribution in [0, 0.1) is 6.92 Å². The molecule has 0 radical (unpaired) electrons. The zero-order valence-electron chi connectivity index (χ0n) is 19.8. The van der Waals surface area contributed by atoms with Gasteiger partial charge in [0.15, 0.2) is 11.3 Å². The maximum Gasteiger partial charge on any atom is 0.335 e. The molecule has 0 aliphatic carbocycles. The summed E-state index contributed by atoms with van der Waals surface area (Å²) in [4.78, 5) is 22.8. The van der Waals surface area contributed by atoms with Crippen LogP contribution in [0.1, 0.15) is 17.5 Å². The van der Waals surface area contributed by atoms with Gasteiger partial charge in [-0.25, -0.2) is 9.59 Å². The minimum atomic E-state index is -0.571. The van der Waals surface area contributed by atoms with E-state index in [1.807, 2.05) is 19.1 Å². The number of hydrogen-bond acceptors (Lipinski definition) is 6. The minimum Gasteiger partial charge on any atom is -0.490 e. The van der Waals surface area contributed by atoms with Crippen LogP contribution < -0.4 is 9.47 Å². The van der Waals surface area contributed by atoms with Crippen LogP contribution in [0.25, 0.3) is 33.1 Å². The third kappa shape index (κ3) is 4.82. The standard InChI is InChI=1S/C29H26O6/c1-5-25(30)33-17-7-8-19-9-11-20(12-10-19)21-13-14-22-23-15-16-24(34-26(31)6-2)29(32-4)28(23)35-27(22)18(21)3/h5-6,9-16H,1-2,7-8,17H2,3-4H3. The van der Waals surface area contributed by atoms with Crippen molar-refractivity contribution in [3.8, 4) is 22.6 Å². The van der Waals surface area contributed by atoms with Gasteiger partial charge in [-0.1, -0.05) is 43.5 Å². The predicted octanol–water partition coefficient (Wildman–Crippen LogP) is 6.32. The normalized spacial score (nSPS) is 10.8. The molecule has 4 rings (SSSR count). The number of hydrogen-bond donors (Lipinski definition) is 0. The summed E-state index contributed by atoms with van der Waals surface area (Å²) in [5, 5.41) is 1.82. The smallest absolute Gasteiger partial charge is 0.335 e. The Balaban J connectivity index is 1.63. The third-order valence-electron chi connectivity index (χ3n) is 5.84. The van der Waals surface area contributed by atoms with Crippen LogP contribution in [0.5, 0.6) is 11.5 Å². The van der Waals surface area contributed by atoms with Crippen molar-refractivity contribution in [2.24, 2.45) is 0 Å². The van der Waals surface area contributed by atoms with E-state index in [1.165, 1.54) is 13.2 Å². The van der Waals surface area contributed by atoms with Gasteiger partial charge in [-0.3, -0.25) is 0 Å². The number of aryl methyl sites for hydroxylation is 2. The number of benzene rings is 3. The molecule has 0 saturated heterocycles. The van der Waals surface area contributed by atoms with Crippen LogP contribution in [-0.4, -0.2) is 25.7 Å². The molecule has 4 aromatic rings. The number of rotatable bonds is 9. The summed E-state index contributed by atoms with van der Waals surface area (Å²) >= 11 is 0. The largest absolute Gasteiger partial charge is 0.490 e. The summed E-state index contributed by atoms with van der Waals surface area (Å²) in [7, 11) is 1.51. The van der Waals surface area contributed by atoms with Crippen molar-refractivity contribution < 1.29 is 28.2 Å². The number of carbonyl (C=O) groups excluding carboxylic acids is 2. The van der Waals surface area contributed by atoms with Gasteiger partial charge >= 0.3 is 11.9 Å². The lowest BCUT2D eigenvalue weighted by molar-refractivity contribution is -0.137. The molecule has 0 spiro atoms. The lowest BCUT2D eigenvalue weighted by Gasteiger charge is -2.08. The van der Waals surface area contributed by atoms with Gasteiger partial charge in [0.2, 0.25) is 5.75 Å². The number of fused-ring (bicyclic) bond motifs is 3. The van der Waals surface area contributed by atoms with Gasteiger partial charge in [0.05, 0.1) is 13.7 Å². The number of esters is 2. The second-order valence-corrected chi connectivity index (χ2v) is 7.99. The Bertz CT molecular complexity index is 1430. The van der Waals surface area contributed by atoms with Crippen molar-refractivity contribution >= 4 is 33.9 Å². The maximum absolute atomic E-state index is 11.7. The summed E-state index contributed by atoms with van der Waals surface area (Å²) in [5.74, 6) is -0.337. The van der Waals surface area contributed by atoms with Crippen molar-refractivity contribution in [2.75, 3.05) is 13.7 Å². The number of carbonyl (C=O) groups is 2. The van der Waals surface area contributed by atoms with Crippen LogP contribution in [-0.2, 0) is 20.7 Å². The molecular weight excluding hydrogens is 444 g/mol. The number of methoxy groups -OCH3 is 1. The molecule has 178 valence electrons. The molecule has 1 heterocycles. The van der Waals surface area contributed by atoms with E-state index in [9.17, 15) is 9.59 Å². The number of furan rings is 1. The van der Waals surface area contributed by atoms with Crippen LogP contribution in [0.4, 0.5) is 0 Å². The molecular formula is C29H26O6. The van der Waals surface area contributed by atoms with E-state index >= 15 is 0 Å². The summed E-state index contributed by atoms with van der Waals surface area (Å²) in [6, 6.07) is 16.0. The molecule has 0 N–H and O–H groups in total. The Morgan fingerprint density at radius 1 is 0.914 bits per heavy atom. The molecule has 0 aliphatic rings. The molecule has 0 atom stereocenters. The van der Waals surface area contributed by atoms with Crippen molar-refractivity contribution in [2.45, 2.75) is 19.8 Å². The van der Waals surface area contributed by atoms with Gasteiger partial charge < -0.3 is 18.6 Å². The molecule has 6 nitrogen and oxygen atoms in total. The molecule has 0 bridgehead atoms. The minimum absolute atomic E-state index is 0.275. The second kappa shape index (κ2) is 10.3. The number of ether oxygens (including phenoxy) is 3. The van der Waals surface area contributed by atoms with Gasteiger partial charge in [-0.15, -0.1) is 0 Å². The van der Waals surface area contributed by atoms with Crippen molar-refractivity contribution in [3.63, 3.8) is 0 Å². The second-order valence-electron chi connectivity index (χ2n) is 7.99. The topological polar surface area (TPSA) is 75.0 Å². The van der Waals surface area contributed by atoms with E-state index in [1.54, 1.807) is 6.07 Å². The fourth-order valence-corrected chi connectivity index (χ4v) is 4.09. The summed E-state index contributed by atoms with van der Waals surface area (Å²) in [6.07, 6.45) is 3.82. The first kappa shape index (κ1) is 23.8. The summed E-state index contributed by atoms with van der Waals surface area (Å²) < 4.78 is 22.1. The zero-order valence-corrected chi connectivity index (χ0v) is 19.8. The molecule has 0 fully saturated rings. The molecule has 0 unspecified atom stereocenters. The van der Waals surface area contributed by atoms with Crippen molar-refractivity contribution in [1.29, 1.82) is 0 Å². The van der Waals surface area contributed by atoms with E-state index in [-0.39, 0.29) is 5.75 Å². The van der Waals surface area contributed by atoms with Crippen LogP contribution >= 0.6 is 0 Å². The highest BCUT2D eigenvalue weighted by atomic mass is 16.6. The lowest BCUT2D eigenvalue weighted by Crippen LogP contribution is -2.04. The molecule has 6 heteroatoms. The van der Waals surface area contributed by atoms with Gasteiger partial charge in [-0.05, 0) is 54.7 Å². The van der Waals surface area contributed by atoms with Crippen LogP contribution in [0.2, 0.25) is 0 Å². The van der Waals surface area contributed by atoms with Gasteiger partial charge in [0.1, 0.15) is 5.58 Å². The maximum atomic E-state index is 11.7. The first-order valence-electron chi connectivity index (χ1n) is 11.2. The highest BCUT2D eigenvalue weighted by Crippen LogP contribution is 2.43. The van der Waals surface area contributed by atoms with E-state index in [0.29, 0.717) is 17.9 Å². The summed E-state index contributed by atoms with van der Waals surface area (Å²) in [6.45, 7) is 9.21. The van der Waals surface area contributed by atoms with Crippen molar-refractivity contribution in [1.82, 2.24) is 0 Å². The first-order chi connectivity index (χ1) is 17.0. The Labute approximate surface area is 203 Å². The fourth-order valence-electron chi connectivity index (χ4n) is 4.09. The molecule has 1 aromatic heterocycles. The zero-order chi connectivity index (χ0) is 24.9. The fraction of sp³-hybridized carbons (Fsp3) is 0.172. The van der Waals surface area contributed by atoms with E-state index in [2.05, 4.69) is 43.5 Å². The Morgan fingerprint density at radius 2 is 1.60 bits per heavy atom. The molecule has 0 amide bonds. The van der Waals surface area contributed by atoms with E-state index < -0.39 is 11.9 Å². The molecule has 0 saturated carbocycles. The monoisotopic (exact) mass is 470 g/mol. The highest BCUT2D eigenvalue weighted by Gasteiger charge is 2.20. The van der Waals surface area contributed by atoms with Gasteiger partial charge in [0, 0.05) is 28.5 Å². The first-order valence-corrected chi connectivity index (χ1v) is 11.2. The molecule has 3 aromatic carbocycles. The average molecular weight is 471 g/mol. The van der Waals surface area contributed by atoms with Crippen LogP contribution in [0.3, 0.4) is 0 Å². The lowest BCUT2D eigenvalue weighted by atomic mass is 9.96. The van der Waals surface area contributed by atoms with E-state index in [0.717, 1.165) is 57.5 Å². The van der Waals surface area contributed by atoms with Crippen LogP contribution in [0.15, 0.2) is 78.3 Å². The van der Waals surface area contributed by atoms with Crippen molar-refractivity contribution in [3.05, 3.63) is 85.0 Å². The third-order valence-corrected chi connectivity index (χ3v) is 5.84. The van der Waals surface area contributed by atoms with Gasteiger partial charge in [0.25, 0.3) is 0 Å². The Hall–Kier alpha value is -4.32. The predicted molar refractivity (Wildman–Crippen MR) is 136 cm³/mol. The average Bonchev–Trinajstić information content (AvgIpc) is 3.26. The molecule has 35 heavy (non-hydrogen) atoms. The Kier molecular flexibility index (Phi) is 7.01. The molecule has 0 aliphatic heterocycles. The SMILES string of the molecule is C=CC(=O)OCCCc1ccc(-c2ccc3c(oc4c(OC)c(OC(=O)C=C)ccc43)c2C)cc1. The summed E-state index contributed by atoms with van der Waals surface area (Å²) in [5.41, 5.74) is 5.55. The van der Waals surface area contributed by atoms with Gasteiger partial charge in [-0.2, -0.15) is 0 Å². The highest BCUT2D eigenvalue weighted by molar-refractivity contribution is 6.10. The Morgan fingerprint density at radius 3 is 2.29 bits per heavy atom.